The van der Waals surface area contributed by atoms with Gasteiger partial charge in [-0.1, -0.05) is 6.92 Å². The monoisotopic (exact) mass is 433 g/mol. The van der Waals surface area contributed by atoms with Crippen LogP contribution in [0.25, 0.3) is 0 Å². The van der Waals surface area contributed by atoms with Crippen LogP contribution in [0, 0.1) is 11.3 Å². The van der Waals surface area contributed by atoms with Crippen molar-refractivity contribution in [3.05, 3.63) is 17.0 Å². The molecule has 0 radical (unpaired) electrons. The largest absolute Gasteiger partial charge is 0.465 e. The summed E-state index contributed by atoms with van der Waals surface area (Å²) in [6.07, 6.45) is 6.67. The van der Waals surface area contributed by atoms with Crippen molar-refractivity contribution in [2.45, 2.75) is 64.8 Å². The average molecular weight is 434 g/mol. The normalized spacial score (nSPS) is 21.4. The molecule has 31 heavy (non-hydrogen) atoms. The van der Waals surface area contributed by atoms with Crippen molar-refractivity contribution in [2.75, 3.05) is 39.6 Å². The summed E-state index contributed by atoms with van der Waals surface area (Å²) >= 11 is 0. The molecule has 8 nitrogen and oxygen atoms in total. The number of nitrogens with one attached hydrogen (secondary N) is 1. The van der Waals surface area contributed by atoms with Crippen molar-refractivity contribution in [3.8, 4) is 0 Å². The zero-order chi connectivity index (χ0) is 21.7. The van der Waals surface area contributed by atoms with Crippen LogP contribution in [-0.2, 0) is 38.4 Å². The summed E-state index contributed by atoms with van der Waals surface area (Å²) in [4.78, 5) is 25.0. The summed E-state index contributed by atoms with van der Waals surface area (Å²) in [7, 11) is 0. The van der Waals surface area contributed by atoms with Gasteiger partial charge in [-0.25, -0.2) is 0 Å². The van der Waals surface area contributed by atoms with E-state index in [9.17, 15) is 9.59 Å². The molecule has 0 aliphatic carbocycles. The van der Waals surface area contributed by atoms with Gasteiger partial charge in [-0.15, -0.1) is 0 Å². The Bertz CT molecular complexity index is 778. The van der Waals surface area contributed by atoms with Crippen molar-refractivity contribution in [1.82, 2.24) is 15.1 Å². The van der Waals surface area contributed by atoms with E-state index in [1.54, 1.807) is 0 Å². The fourth-order valence-electron chi connectivity index (χ4n) is 4.95. The predicted molar refractivity (Wildman–Crippen MR) is 114 cm³/mol. The van der Waals surface area contributed by atoms with Crippen LogP contribution in [0.1, 0.15) is 67.2 Å². The van der Waals surface area contributed by atoms with E-state index in [1.165, 1.54) is 0 Å². The van der Waals surface area contributed by atoms with Crippen molar-refractivity contribution in [3.63, 3.8) is 0 Å². The highest BCUT2D eigenvalue weighted by atomic mass is 16.5. The third-order valence-corrected chi connectivity index (χ3v) is 6.98. The van der Waals surface area contributed by atoms with Gasteiger partial charge in [-0.3, -0.25) is 14.3 Å². The number of nitrogens with zero attached hydrogens (tertiary/aromatic N) is 2. The van der Waals surface area contributed by atoms with E-state index in [4.69, 9.17) is 19.3 Å². The van der Waals surface area contributed by atoms with Gasteiger partial charge in [-0.05, 0) is 56.8 Å². The number of carbonyl (C=O) groups is 2. The molecule has 4 heterocycles. The number of ether oxygens (including phenoxy) is 3. The van der Waals surface area contributed by atoms with E-state index in [0.29, 0.717) is 26.4 Å². The maximum Gasteiger partial charge on any atom is 0.309 e. The first-order chi connectivity index (χ1) is 15.1. The third-order valence-electron chi connectivity index (χ3n) is 6.98. The van der Waals surface area contributed by atoms with Gasteiger partial charge >= 0.3 is 5.97 Å². The Hall–Kier alpha value is -1.93. The van der Waals surface area contributed by atoms with E-state index in [-0.39, 0.29) is 23.2 Å². The average Bonchev–Trinajstić information content (AvgIpc) is 3.08. The molecule has 1 N–H and O–H groups in total. The van der Waals surface area contributed by atoms with Crippen LogP contribution in [0.3, 0.4) is 0 Å². The number of esters is 1. The maximum absolute atomic E-state index is 12.9. The van der Waals surface area contributed by atoms with E-state index in [2.05, 4.69) is 5.32 Å². The Morgan fingerprint density at radius 3 is 2.68 bits per heavy atom. The van der Waals surface area contributed by atoms with Crippen molar-refractivity contribution in [2.24, 2.45) is 11.3 Å². The molecule has 3 aliphatic rings. The molecule has 3 aliphatic heterocycles. The highest BCUT2D eigenvalue weighted by Crippen LogP contribution is 2.37. The van der Waals surface area contributed by atoms with Crippen LogP contribution in [0.5, 0.6) is 0 Å². The van der Waals surface area contributed by atoms with Gasteiger partial charge in [-0.2, -0.15) is 5.10 Å². The Balaban J connectivity index is 1.36. The number of hydrogen-bond acceptors (Lipinski definition) is 6. The van der Waals surface area contributed by atoms with Gasteiger partial charge in [0.15, 0.2) is 0 Å². The second kappa shape index (κ2) is 10.1. The van der Waals surface area contributed by atoms with Gasteiger partial charge in [0.05, 0.1) is 29.5 Å². The summed E-state index contributed by atoms with van der Waals surface area (Å²) in [6.45, 7) is 6.70. The number of rotatable bonds is 7. The van der Waals surface area contributed by atoms with Crippen LogP contribution in [0.2, 0.25) is 0 Å². The quantitative estimate of drug-likeness (QED) is 0.524. The van der Waals surface area contributed by atoms with Gasteiger partial charge < -0.3 is 19.5 Å². The molecule has 0 saturated carbocycles. The lowest BCUT2D eigenvalue weighted by atomic mass is 9.76. The number of fused-ring (bicyclic) bond motifs is 1. The minimum absolute atomic E-state index is 0.00635. The first kappa shape index (κ1) is 22.3. The van der Waals surface area contributed by atoms with Crippen LogP contribution in [0.15, 0.2) is 0 Å². The molecule has 2 fully saturated rings. The topological polar surface area (TPSA) is 91.7 Å². The molecule has 4 rings (SSSR count). The maximum atomic E-state index is 12.9. The first-order valence-electron chi connectivity index (χ1n) is 11.8. The van der Waals surface area contributed by atoms with E-state index < -0.39 is 0 Å². The van der Waals surface area contributed by atoms with Crippen LogP contribution in [-0.4, -0.2) is 61.2 Å². The standard InChI is InChI=1S/C23H35N3O5/c1-2-18-20-19(15-23(16-24-21(20)27)7-13-30-14-8-23)26(25-18)9-3-4-10-31-22(28)17-5-11-29-12-6-17/h17H,2-16H2,1H3,(H,24,27). The minimum Gasteiger partial charge on any atom is -0.465 e. The van der Waals surface area contributed by atoms with Crippen molar-refractivity contribution < 1.29 is 23.8 Å². The van der Waals surface area contributed by atoms with Crippen LogP contribution < -0.4 is 5.32 Å². The molecule has 1 aromatic heterocycles. The van der Waals surface area contributed by atoms with Gasteiger partial charge in [0, 0.05) is 39.5 Å². The Morgan fingerprint density at radius 2 is 1.94 bits per heavy atom. The lowest BCUT2D eigenvalue weighted by Crippen LogP contribution is -2.40. The second-order valence-corrected chi connectivity index (χ2v) is 9.08. The van der Waals surface area contributed by atoms with E-state index >= 15 is 0 Å². The summed E-state index contributed by atoms with van der Waals surface area (Å²) in [5.74, 6) is -0.105. The SMILES string of the molecule is CCc1nn(CCCCOC(=O)C2CCOCC2)c2c1C(=O)NCC1(CCOCC1)C2. The second-order valence-electron chi connectivity index (χ2n) is 9.08. The van der Waals surface area contributed by atoms with Crippen molar-refractivity contribution in [1.29, 1.82) is 0 Å². The molecule has 1 amide bonds. The van der Waals surface area contributed by atoms with Crippen molar-refractivity contribution >= 4 is 11.9 Å². The Morgan fingerprint density at radius 1 is 1.19 bits per heavy atom. The first-order valence-corrected chi connectivity index (χ1v) is 11.8. The summed E-state index contributed by atoms with van der Waals surface area (Å²) in [6, 6.07) is 0. The fourth-order valence-corrected chi connectivity index (χ4v) is 4.95. The molecular formula is C23H35N3O5. The highest BCUT2D eigenvalue weighted by Gasteiger charge is 2.39. The van der Waals surface area contributed by atoms with Crippen LogP contribution >= 0.6 is 0 Å². The minimum atomic E-state index is -0.0948. The zero-order valence-electron chi connectivity index (χ0n) is 18.6. The number of hydrogen-bond donors (Lipinski definition) is 1. The van der Waals surface area contributed by atoms with Gasteiger partial charge in [0.1, 0.15) is 0 Å². The lowest BCUT2D eigenvalue weighted by molar-refractivity contribution is -0.151. The molecule has 0 atom stereocenters. The van der Waals surface area contributed by atoms with E-state index in [1.807, 2.05) is 11.6 Å². The third kappa shape index (κ3) is 5.12. The molecular weight excluding hydrogens is 398 g/mol. The lowest BCUT2D eigenvalue weighted by Gasteiger charge is -2.36. The van der Waals surface area contributed by atoms with Crippen LogP contribution in [0.4, 0.5) is 0 Å². The highest BCUT2D eigenvalue weighted by molar-refractivity contribution is 5.97. The number of carbonyl (C=O) groups excluding carboxylic acids is 2. The molecule has 172 valence electrons. The zero-order valence-corrected chi connectivity index (χ0v) is 18.6. The number of aromatic nitrogens is 2. The molecule has 0 aromatic carbocycles. The number of aryl methyl sites for hydroxylation is 2. The Labute approximate surface area is 184 Å². The predicted octanol–water partition coefficient (Wildman–Crippen LogP) is 2.28. The van der Waals surface area contributed by atoms with Gasteiger partial charge in [0.2, 0.25) is 0 Å². The smallest absolute Gasteiger partial charge is 0.309 e. The van der Waals surface area contributed by atoms with Gasteiger partial charge in [0.25, 0.3) is 5.91 Å². The number of unbranched alkanes of at least 4 members (excludes halogenated alkanes) is 1. The molecule has 1 spiro atoms. The summed E-state index contributed by atoms with van der Waals surface area (Å²) < 4.78 is 18.4. The number of amides is 1. The molecule has 1 aromatic rings. The Kier molecular flexibility index (Phi) is 7.27. The fraction of sp³-hybridized carbons (Fsp3) is 0.783. The summed E-state index contributed by atoms with van der Waals surface area (Å²) in [5.41, 5.74) is 2.77. The molecule has 0 unspecified atom stereocenters. The molecule has 0 bridgehead atoms. The summed E-state index contributed by atoms with van der Waals surface area (Å²) in [5, 5.41) is 7.94. The van der Waals surface area contributed by atoms with E-state index in [0.717, 1.165) is 88.1 Å². The molecule has 2 saturated heterocycles. The molecule has 8 heteroatoms.